The molecule has 0 radical (unpaired) electrons. The smallest absolute Gasteiger partial charge is 0.00823 e. The first-order chi connectivity index (χ1) is 11.8. The van der Waals surface area contributed by atoms with Crippen molar-refractivity contribution in [1.82, 2.24) is 0 Å². The molecule has 1 aromatic carbocycles. The maximum Gasteiger partial charge on any atom is -0.00823 e. The molecule has 1 saturated carbocycles. The summed E-state index contributed by atoms with van der Waals surface area (Å²) in [6, 6.07) is 4.85. The summed E-state index contributed by atoms with van der Waals surface area (Å²) in [6.07, 6.45) is 7.99. The molecule has 0 aromatic heterocycles. The van der Waals surface area contributed by atoms with Gasteiger partial charge in [-0.1, -0.05) is 73.1 Å². The van der Waals surface area contributed by atoms with E-state index in [0.29, 0.717) is 11.8 Å². The molecule has 0 heteroatoms. The number of benzene rings is 1. The lowest BCUT2D eigenvalue weighted by Crippen LogP contribution is -2.28. The fourth-order valence-corrected chi connectivity index (χ4v) is 5.48. The van der Waals surface area contributed by atoms with Crippen molar-refractivity contribution in [1.29, 1.82) is 0 Å². The minimum absolute atomic E-state index is 0.606. The number of rotatable bonds is 4. The first-order valence-electron chi connectivity index (χ1n) is 10.7. The Morgan fingerprint density at radius 2 is 1.52 bits per heavy atom. The van der Waals surface area contributed by atoms with E-state index in [1.54, 1.807) is 27.8 Å². The van der Waals surface area contributed by atoms with E-state index in [9.17, 15) is 0 Å². The monoisotopic (exact) mass is 338 g/mol. The normalized spacial score (nSPS) is 26.5. The zero-order chi connectivity index (χ0) is 18.3. The van der Waals surface area contributed by atoms with Gasteiger partial charge >= 0.3 is 0 Å². The maximum atomic E-state index is 2.61. The van der Waals surface area contributed by atoms with E-state index in [0.717, 1.165) is 30.1 Å². The highest BCUT2D eigenvalue weighted by atomic mass is 14.4. The predicted molar refractivity (Wildman–Crippen MR) is 111 cm³/mol. The van der Waals surface area contributed by atoms with Crippen LogP contribution in [-0.4, -0.2) is 0 Å². The Bertz CT molecular complexity index is 644. The molecule has 0 N–H and O–H groups in total. The van der Waals surface area contributed by atoms with Gasteiger partial charge in [-0.15, -0.1) is 0 Å². The highest BCUT2D eigenvalue weighted by Crippen LogP contribution is 2.49. The van der Waals surface area contributed by atoms with Gasteiger partial charge in [0.05, 0.1) is 0 Å². The van der Waals surface area contributed by atoms with E-state index in [4.69, 9.17) is 0 Å². The average Bonchev–Trinajstić information content (AvgIpc) is 2.97. The van der Waals surface area contributed by atoms with Crippen LogP contribution < -0.4 is 0 Å². The quantitative estimate of drug-likeness (QED) is 0.530. The number of allylic oxidation sites excluding steroid dienone is 2. The fourth-order valence-electron chi connectivity index (χ4n) is 5.48. The molecule has 0 aliphatic heterocycles. The van der Waals surface area contributed by atoms with Gasteiger partial charge in [-0.25, -0.2) is 0 Å². The molecule has 3 rings (SSSR count). The first kappa shape index (κ1) is 18.7. The number of hydrogen-bond acceptors (Lipinski definition) is 0. The molecule has 1 aromatic rings. The van der Waals surface area contributed by atoms with E-state index in [2.05, 4.69) is 66.7 Å². The summed E-state index contributed by atoms with van der Waals surface area (Å²) in [4.78, 5) is 0. The Hall–Kier alpha value is -1.04. The van der Waals surface area contributed by atoms with Crippen LogP contribution in [0.4, 0.5) is 0 Å². The van der Waals surface area contributed by atoms with Gasteiger partial charge in [0, 0.05) is 0 Å². The minimum atomic E-state index is 0.606. The Morgan fingerprint density at radius 3 is 2.12 bits per heavy atom. The van der Waals surface area contributed by atoms with Gasteiger partial charge in [0.15, 0.2) is 0 Å². The van der Waals surface area contributed by atoms with Crippen LogP contribution in [0.15, 0.2) is 18.2 Å². The van der Waals surface area contributed by atoms with Gasteiger partial charge in [0.2, 0.25) is 0 Å². The van der Waals surface area contributed by atoms with Gasteiger partial charge in [-0.2, -0.15) is 0 Å². The van der Waals surface area contributed by atoms with Crippen molar-refractivity contribution in [2.75, 3.05) is 0 Å². The summed E-state index contributed by atoms with van der Waals surface area (Å²) in [5.41, 5.74) is 8.19. The molecule has 1 fully saturated rings. The van der Waals surface area contributed by atoms with E-state index in [-0.39, 0.29) is 0 Å². The second kappa shape index (κ2) is 7.29. The third-order valence-corrected chi connectivity index (χ3v) is 6.86. The Labute approximate surface area is 156 Å². The second-order valence-corrected chi connectivity index (χ2v) is 9.70. The molecule has 0 amide bonds. The second-order valence-electron chi connectivity index (χ2n) is 9.70. The zero-order valence-electron chi connectivity index (χ0n) is 17.5. The van der Waals surface area contributed by atoms with Crippen LogP contribution in [0, 0.1) is 23.7 Å². The van der Waals surface area contributed by atoms with Crippen molar-refractivity contribution in [3.8, 4) is 0 Å². The summed E-state index contributed by atoms with van der Waals surface area (Å²) in [5, 5.41) is 0. The standard InChI is InChI=1S/C25H38/c1-15(2)19-10-11-21(17(5)6)25-22(19)12-13-23(25)24-14-18(7)8-9-20(24)16(3)4/h10-11,13,15-18,20,24H,8-9,12,14H2,1-7H3/t18-,20+,24-/m1/s1. The highest BCUT2D eigenvalue weighted by molar-refractivity contribution is 5.79. The molecule has 3 atom stereocenters. The van der Waals surface area contributed by atoms with Crippen molar-refractivity contribution in [2.45, 2.75) is 86.0 Å². The van der Waals surface area contributed by atoms with E-state index >= 15 is 0 Å². The molecular weight excluding hydrogens is 300 g/mol. The van der Waals surface area contributed by atoms with E-state index in [1.807, 2.05) is 0 Å². The van der Waals surface area contributed by atoms with Crippen LogP contribution in [0.3, 0.4) is 0 Å². The van der Waals surface area contributed by atoms with Crippen molar-refractivity contribution < 1.29 is 0 Å². The Kier molecular flexibility index (Phi) is 5.47. The summed E-state index contributed by atoms with van der Waals surface area (Å²) in [7, 11) is 0. The molecular formula is C25H38. The maximum absolute atomic E-state index is 2.61. The number of hydrogen-bond donors (Lipinski definition) is 0. The molecule has 0 saturated heterocycles. The van der Waals surface area contributed by atoms with E-state index < -0.39 is 0 Å². The summed E-state index contributed by atoms with van der Waals surface area (Å²) in [5.74, 6) is 4.52. The van der Waals surface area contributed by atoms with Crippen molar-refractivity contribution in [3.05, 3.63) is 40.5 Å². The van der Waals surface area contributed by atoms with Crippen molar-refractivity contribution >= 4 is 5.57 Å². The molecule has 2 aliphatic carbocycles. The van der Waals surface area contributed by atoms with Crippen molar-refractivity contribution in [2.24, 2.45) is 23.7 Å². The molecule has 0 spiro atoms. The predicted octanol–water partition coefficient (Wildman–Crippen LogP) is 7.58. The Balaban J connectivity index is 2.08. The molecule has 25 heavy (non-hydrogen) atoms. The molecule has 138 valence electrons. The zero-order valence-corrected chi connectivity index (χ0v) is 17.5. The fraction of sp³-hybridized carbons (Fsp3) is 0.680. The van der Waals surface area contributed by atoms with Crippen LogP contribution in [0.25, 0.3) is 5.57 Å². The highest BCUT2D eigenvalue weighted by Gasteiger charge is 2.36. The van der Waals surface area contributed by atoms with Crippen LogP contribution in [0.5, 0.6) is 0 Å². The SMILES string of the molecule is CC(C)c1ccc(C(C)C)c2c1CC=C2[C@@H]1C[C@H](C)CC[C@H]1C(C)C. The third kappa shape index (κ3) is 3.46. The lowest BCUT2D eigenvalue weighted by Gasteiger charge is -2.39. The van der Waals surface area contributed by atoms with Crippen LogP contribution >= 0.6 is 0 Å². The molecule has 0 unspecified atom stereocenters. The van der Waals surface area contributed by atoms with Crippen molar-refractivity contribution in [3.63, 3.8) is 0 Å². The van der Waals surface area contributed by atoms with Gasteiger partial charge in [-0.3, -0.25) is 0 Å². The summed E-state index contributed by atoms with van der Waals surface area (Å²) >= 11 is 0. The van der Waals surface area contributed by atoms with Gasteiger partial charge < -0.3 is 0 Å². The van der Waals surface area contributed by atoms with E-state index in [1.165, 1.54) is 19.3 Å². The minimum Gasteiger partial charge on any atom is -0.0760 e. The average molecular weight is 339 g/mol. The molecule has 0 heterocycles. The first-order valence-corrected chi connectivity index (χ1v) is 10.7. The lowest BCUT2D eigenvalue weighted by atomic mass is 9.66. The van der Waals surface area contributed by atoms with Crippen LogP contribution in [-0.2, 0) is 6.42 Å². The summed E-state index contributed by atoms with van der Waals surface area (Å²) < 4.78 is 0. The van der Waals surface area contributed by atoms with Crippen LogP contribution in [0.2, 0.25) is 0 Å². The third-order valence-electron chi connectivity index (χ3n) is 6.86. The van der Waals surface area contributed by atoms with Gasteiger partial charge in [0.25, 0.3) is 0 Å². The van der Waals surface area contributed by atoms with Gasteiger partial charge in [-0.05, 0) is 82.6 Å². The molecule has 0 nitrogen and oxygen atoms in total. The van der Waals surface area contributed by atoms with Gasteiger partial charge in [0.1, 0.15) is 0 Å². The number of fused-ring (bicyclic) bond motifs is 1. The topological polar surface area (TPSA) is 0 Å². The molecule has 0 bridgehead atoms. The Morgan fingerprint density at radius 1 is 0.880 bits per heavy atom. The largest absolute Gasteiger partial charge is 0.0760 e. The van der Waals surface area contributed by atoms with Crippen LogP contribution in [0.1, 0.15) is 102 Å². The summed E-state index contributed by atoms with van der Waals surface area (Å²) in [6.45, 7) is 16.8. The molecule has 2 aliphatic rings. The lowest BCUT2D eigenvalue weighted by molar-refractivity contribution is 0.185.